The van der Waals surface area contributed by atoms with Crippen LogP contribution in [0, 0.1) is 6.92 Å². The van der Waals surface area contributed by atoms with Crippen LogP contribution in [0.4, 0.5) is 0 Å². The van der Waals surface area contributed by atoms with Gasteiger partial charge in [-0.1, -0.05) is 29.8 Å². The summed E-state index contributed by atoms with van der Waals surface area (Å²) in [6.07, 6.45) is 0. The molecule has 3 N–H and O–H groups in total. The molecule has 0 fully saturated rings. The van der Waals surface area contributed by atoms with E-state index in [9.17, 15) is 0 Å². The number of rotatable bonds is 1. The molecule has 0 amide bonds. The van der Waals surface area contributed by atoms with Crippen LogP contribution in [-0.2, 0) is 6.54 Å². The molecular weight excluding hydrogens is 148 g/mol. The molecule has 1 rings (SSSR count). The molecule has 0 radical (unpaired) electrons. The van der Waals surface area contributed by atoms with Crippen LogP contribution in [0.15, 0.2) is 24.3 Å². The number of nitrogens with one attached hydrogen (secondary N) is 1. The van der Waals surface area contributed by atoms with Gasteiger partial charge in [-0.25, -0.2) is 0 Å². The first-order valence-corrected chi connectivity index (χ1v) is 4.08. The van der Waals surface area contributed by atoms with Crippen molar-refractivity contribution in [1.82, 2.24) is 5.32 Å². The number of hydrogen-bond acceptors (Lipinski definition) is 2. The van der Waals surface area contributed by atoms with Crippen molar-refractivity contribution < 1.29 is 0 Å². The van der Waals surface area contributed by atoms with Crippen LogP contribution >= 0.6 is 0 Å². The smallest absolute Gasteiger partial charge is 0.0178 e. The van der Waals surface area contributed by atoms with Crippen molar-refractivity contribution in [2.45, 2.75) is 13.5 Å². The maximum Gasteiger partial charge on any atom is 0.0178 e. The van der Waals surface area contributed by atoms with E-state index in [1.165, 1.54) is 11.1 Å². The lowest BCUT2D eigenvalue weighted by Crippen LogP contribution is -1.95. The Hall–Kier alpha value is -0.860. The molecular formula is C10H18N2. The molecule has 0 saturated heterocycles. The lowest BCUT2D eigenvalue weighted by Gasteiger charge is -1.95. The molecule has 12 heavy (non-hydrogen) atoms. The third kappa shape index (κ3) is 4.88. The summed E-state index contributed by atoms with van der Waals surface area (Å²) in [6, 6.07) is 8.23. The fourth-order valence-corrected chi connectivity index (χ4v) is 0.839. The summed E-state index contributed by atoms with van der Waals surface area (Å²) < 4.78 is 0. The first-order valence-electron chi connectivity index (χ1n) is 4.08. The fourth-order valence-electron chi connectivity index (χ4n) is 0.839. The molecule has 2 nitrogen and oxygen atoms in total. The summed E-state index contributed by atoms with van der Waals surface area (Å²) in [5.41, 5.74) is 7.90. The zero-order valence-electron chi connectivity index (χ0n) is 8.09. The average Bonchev–Trinajstić information content (AvgIpc) is 2.06. The molecule has 0 unspecified atom stereocenters. The molecule has 0 aromatic heterocycles. The Labute approximate surface area is 74.8 Å². The summed E-state index contributed by atoms with van der Waals surface area (Å²) in [6.45, 7) is 2.71. The molecule has 0 aliphatic rings. The van der Waals surface area contributed by atoms with Crippen LogP contribution in [0.5, 0.6) is 0 Å². The summed E-state index contributed by atoms with van der Waals surface area (Å²) in [4.78, 5) is 0. The Bertz CT molecular complexity index is 209. The molecule has 0 atom stereocenters. The molecule has 0 saturated carbocycles. The predicted octanol–water partition coefficient (Wildman–Crippen LogP) is 1.29. The molecule has 0 aliphatic carbocycles. The fraction of sp³-hybridized carbons (Fsp3) is 0.400. The van der Waals surface area contributed by atoms with E-state index in [1.54, 1.807) is 0 Å². The van der Waals surface area contributed by atoms with Gasteiger partial charge in [0.25, 0.3) is 0 Å². The van der Waals surface area contributed by atoms with Crippen molar-refractivity contribution in [1.29, 1.82) is 0 Å². The first-order chi connectivity index (χ1) is 5.74. The lowest BCUT2D eigenvalue weighted by molar-refractivity contribution is 1.02. The Morgan fingerprint density at radius 1 is 1.33 bits per heavy atom. The van der Waals surface area contributed by atoms with Gasteiger partial charge in [0.05, 0.1) is 0 Å². The molecule has 0 heterocycles. The maximum atomic E-state index is 5.42. The van der Waals surface area contributed by atoms with Crippen molar-refractivity contribution in [2.24, 2.45) is 5.73 Å². The summed E-state index contributed by atoms with van der Waals surface area (Å²) in [7, 11) is 3.75. The van der Waals surface area contributed by atoms with Crippen LogP contribution in [0.2, 0.25) is 0 Å². The molecule has 0 spiro atoms. The van der Waals surface area contributed by atoms with Gasteiger partial charge in [0.1, 0.15) is 0 Å². The van der Waals surface area contributed by atoms with Crippen molar-refractivity contribution >= 4 is 0 Å². The number of aryl methyl sites for hydroxylation is 1. The second-order valence-corrected chi connectivity index (χ2v) is 2.69. The van der Waals surface area contributed by atoms with Gasteiger partial charge >= 0.3 is 0 Å². The van der Waals surface area contributed by atoms with Gasteiger partial charge in [-0.3, -0.25) is 0 Å². The second-order valence-electron chi connectivity index (χ2n) is 2.69. The Morgan fingerprint density at radius 2 is 1.92 bits per heavy atom. The number of benzene rings is 1. The average molecular weight is 166 g/mol. The molecule has 68 valence electrons. The van der Waals surface area contributed by atoms with Crippen molar-refractivity contribution in [3.05, 3.63) is 35.4 Å². The minimum Gasteiger partial charge on any atom is -0.326 e. The topological polar surface area (TPSA) is 38.0 Å². The van der Waals surface area contributed by atoms with Gasteiger partial charge in [-0.2, -0.15) is 0 Å². The molecule has 0 bridgehead atoms. The standard InChI is InChI=1S/C8H11N.C2H7N/c1-7-3-2-4-8(5-7)6-9;1-3-2/h2-5H,6,9H2,1H3;3H,1-2H3. The maximum absolute atomic E-state index is 5.42. The summed E-state index contributed by atoms with van der Waals surface area (Å²) in [5.74, 6) is 0. The van der Waals surface area contributed by atoms with Gasteiger partial charge in [0.2, 0.25) is 0 Å². The highest BCUT2D eigenvalue weighted by atomic mass is 14.7. The molecule has 1 aromatic rings. The number of hydrogen-bond donors (Lipinski definition) is 2. The minimum atomic E-state index is 0.641. The minimum absolute atomic E-state index is 0.641. The monoisotopic (exact) mass is 166 g/mol. The summed E-state index contributed by atoms with van der Waals surface area (Å²) >= 11 is 0. The van der Waals surface area contributed by atoms with Crippen LogP contribution in [-0.4, -0.2) is 14.1 Å². The van der Waals surface area contributed by atoms with Crippen LogP contribution in [0.3, 0.4) is 0 Å². The summed E-state index contributed by atoms with van der Waals surface area (Å²) in [5, 5.41) is 2.75. The van der Waals surface area contributed by atoms with E-state index >= 15 is 0 Å². The van der Waals surface area contributed by atoms with Gasteiger partial charge in [0, 0.05) is 6.54 Å². The van der Waals surface area contributed by atoms with Crippen LogP contribution < -0.4 is 11.1 Å². The lowest BCUT2D eigenvalue weighted by atomic mass is 10.1. The Kier molecular flexibility index (Phi) is 6.34. The van der Waals surface area contributed by atoms with E-state index in [1.807, 2.05) is 26.2 Å². The van der Waals surface area contributed by atoms with Crippen LogP contribution in [0.25, 0.3) is 0 Å². The van der Waals surface area contributed by atoms with Gasteiger partial charge in [0.15, 0.2) is 0 Å². The largest absolute Gasteiger partial charge is 0.326 e. The first kappa shape index (κ1) is 11.1. The van der Waals surface area contributed by atoms with Crippen molar-refractivity contribution in [3.63, 3.8) is 0 Å². The van der Waals surface area contributed by atoms with Crippen LogP contribution in [0.1, 0.15) is 11.1 Å². The second kappa shape index (κ2) is 6.83. The Morgan fingerprint density at radius 3 is 2.25 bits per heavy atom. The Balaban J connectivity index is 0.000000354. The number of nitrogens with two attached hydrogens (primary N) is 1. The van der Waals surface area contributed by atoms with Crippen molar-refractivity contribution in [3.8, 4) is 0 Å². The van der Waals surface area contributed by atoms with Gasteiger partial charge in [-0.05, 0) is 26.6 Å². The van der Waals surface area contributed by atoms with E-state index in [0.29, 0.717) is 6.54 Å². The predicted molar refractivity (Wildman–Crippen MR) is 54.1 cm³/mol. The highest BCUT2D eigenvalue weighted by Gasteiger charge is 1.85. The van der Waals surface area contributed by atoms with Gasteiger partial charge < -0.3 is 11.1 Å². The quantitative estimate of drug-likeness (QED) is 0.659. The van der Waals surface area contributed by atoms with E-state index in [0.717, 1.165) is 0 Å². The van der Waals surface area contributed by atoms with E-state index in [2.05, 4.69) is 24.4 Å². The molecule has 1 aromatic carbocycles. The molecule has 2 heteroatoms. The normalized spacial score (nSPS) is 8.67. The third-order valence-electron chi connectivity index (χ3n) is 1.32. The molecule has 0 aliphatic heterocycles. The zero-order chi connectivity index (χ0) is 9.40. The van der Waals surface area contributed by atoms with Crippen molar-refractivity contribution in [2.75, 3.05) is 14.1 Å². The highest BCUT2D eigenvalue weighted by molar-refractivity contribution is 5.21. The van der Waals surface area contributed by atoms with Gasteiger partial charge in [-0.15, -0.1) is 0 Å². The zero-order valence-corrected chi connectivity index (χ0v) is 8.09. The van der Waals surface area contributed by atoms with E-state index in [4.69, 9.17) is 5.73 Å². The highest BCUT2D eigenvalue weighted by Crippen LogP contribution is 2.01. The van der Waals surface area contributed by atoms with E-state index < -0.39 is 0 Å². The SMILES string of the molecule is CNC.Cc1cccc(CN)c1. The van der Waals surface area contributed by atoms with E-state index in [-0.39, 0.29) is 0 Å². The third-order valence-corrected chi connectivity index (χ3v) is 1.32.